The molecule has 1 aliphatic heterocycles. The number of benzene rings is 1. The number of piperidine rings is 1. The van der Waals surface area contributed by atoms with E-state index < -0.39 is 0 Å². The van der Waals surface area contributed by atoms with Crippen LogP contribution in [0.4, 0.5) is 0 Å². The van der Waals surface area contributed by atoms with Gasteiger partial charge in [0.25, 0.3) is 0 Å². The van der Waals surface area contributed by atoms with E-state index in [2.05, 4.69) is 50.9 Å². The summed E-state index contributed by atoms with van der Waals surface area (Å²) in [5.41, 5.74) is 1.03. The zero-order chi connectivity index (χ0) is 22.4. The number of aromatic nitrogens is 3. The van der Waals surface area contributed by atoms with Gasteiger partial charge >= 0.3 is 0 Å². The Bertz CT molecular complexity index is 962. The van der Waals surface area contributed by atoms with Crippen molar-refractivity contribution in [2.24, 2.45) is 23.2 Å². The number of Topliss-reactive ketones (excluding diaryl/α,β-unsaturated/α-hetero) is 1. The average molecular weight is 465 g/mol. The van der Waals surface area contributed by atoms with E-state index in [-0.39, 0.29) is 10.7 Å². The van der Waals surface area contributed by atoms with Gasteiger partial charge in [0, 0.05) is 11.1 Å². The van der Waals surface area contributed by atoms with Crippen LogP contribution in [-0.2, 0) is 11.3 Å². The fourth-order valence-electron chi connectivity index (χ4n) is 7.69. The van der Waals surface area contributed by atoms with Gasteiger partial charge in [-0.05, 0) is 101 Å². The number of carbonyl (C=O) groups excluding carboxylic acids is 1. The first kappa shape index (κ1) is 21.8. The molecule has 4 saturated carbocycles. The van der Waals surface area contributed by atoms with E-state index in [0.717, 1.165) is 73.3 Å². The number of rotatable bonds is 7. The van der Waals surface area contributed by atoms with Crippen molar-refractivity contribution in [3.8, 4) is 5.69 Å². The van der Waals surface area contributed by atoms with E-state index in [1.807, 2.05) is 6.07 Å². The molecule has 0 radical (unpaired) electrons. The van der Waals surface area contributed by atoms with Gasteiger partial charge in [-0.3, -0.25) is 14.3 Å². The van der Waals surface area contributed by atoms with Crippen LogP contribution in [0.1, 0.15) is 70.5 Å². The Hall–Kier alpha value is -1.66. The van der Waals surface area contributed by atoms with Gasteiger partial charge in [-0.25, -0.2) is 0 Å². The Morgan fingerprint density at radius 1 is 1.00 bits per heavy atom. The first-order chi connectivity index (χ1) is 16.1. The smallest absolute Gasteiger partial charge is 0.196 e. The molecule has 1 saturated heterocycles. The number of hydrogen-bond donors (Lipinski definition) is 0. The fraction of sp³-hybridized carbons (Fsp3) is 0.667. The summed E-state index contributed by atoms with van der Waals surface area (Å²) >= 11 is 1.63. The zero-order valence-electron chi connectivity index (χ0n) is 19.8. The number of nitrogens with zero attached hydrogens (tertiary/aromatic N) is 4. The van der Waals surface area contributed by atoms with Crippen LogP contribution < -0.4 is 0 Å². The third-order valence-corrected chi connectivity index (χ3v) is 9.78. The molecule has 2 heterocycles. The highest BCUT2D eigenvalue weighted by Gasteiger charge is 2.55. The first-order valence-corrected chi connectivity index (χ1v) is 13.9. The van der Waals surface area contributed by atoms with E-state index in [1.165, 1.54) is 38.5 Å². The molecule has 0 N–H and O–H groups in total. The molecule has 176 valence electrons. The molecule has 7 rings (SSSR count). The third-order valence-electron chi connectivity index (χ3n) is 8.74. The molecule has 1 aromatic heterocycles. The lowest BCUT2D eigenvalue weighted by Crippen LogP contribution is -2.51. The van der Waals surface area contributed by atoms with Crippen molar-refractivity contribution in [1.82, 2.24) is 19.7 Å². The molecule has 0 amide bonds. The maximum Gasteiger partial charge on any atom is 0.196 e. The van der Waals surface area contributed by atoms with Gasteiger partial charge in [-0.2, -0.15) is 0 Å². The highest BCUT2D eigenvalue weighted by molar-refractivity contribution is 8.00. The second-order valence-electron chi connectivity index (χ2n) is 11.2. The summed E-state index contributed by atoms with van der Waals surface area (Å²) in [4.78, 5) is 16.4. The Morgan fingerprint density at radius 3 is 2.27 bits per heavy atom. The van der Waals surface area contributed by atoms with Crippen LogP contribution in [0.3, 0.4) is 0 Å². The SMILES string of the molecule is CC(Sc1nnc(CN2CCCCC2)n1-c1ccccc1)C(=O)C12CC3CC(CC(C3)C1)C2. The van der Waals surface area contributed by atoms with Gasteiger partial charge in [-0.15, -0.1) is 10.2 Å². The molecule has 6 heteroatoms. The summed E-state index contributed by atoms with van der Waals surface area (Å²) < 4.78 is 2.20. The lowest BCUT2D eigenvalue weighted by Gasteiger charge is -2.56. The third kappa shape index (κ3) is 4.18. The van der Waals surface area contributed by atoms with Crippen LogP contribution in [0.25, 0.3) is 5.69 Å². The number of para-hydroxylation sites is 1. The predicted molar refractivity (Wildman–Crippen MR) is 131 cm³/mol. The van der Waals surface area contributed by atoms with E-state index in [1.54, 1.807) is 11.8 Å². The van der Waals surface area contributed by atoms with Gasteiger partial charge in [0.15, 0.2) is 16.8 Å². The standard InChI is InChI=1S/C27H36N4OS/c1-19(25(32)27-15-20-12-21(16-27)14-22(13-20)17-27)33-26-29-28-24(18-30-10-6-3-7-11-30)31(26)23-8-4-2-5-9-23/h2,4-5,8-9,19-22H,3,6-7,10-18H2,1H3. The fourth-order valence-corrected chi connectivity index (χ4v) is 8.77. The number of thioether (sulfide) groups is 1. The molecule has 1 aromatic carbocycles. The summed E-state index contributed by atoms with van der Waals surface area (Å²) in [6, 6.07) is 10.4. The highest BCUT2D eigenvalue weighted by Crippen LogP contribution is 2.61. The highest BCUT2D eigenvalue weighted by atomic mass is 32.2. The van der Waals surface area contributed by atoms with Crippen molar-refractivity contribution in [2.45, 2.75) is 81.7 Å². The topological polar surface area (TPSA) is 51.0 Å². The van der Waals surface area contributed by atoms with Crippen molar-refractivity contribution in [3.63, 3.8) is 0 Å². The zero-order valence-corrected chi connectivity index (χ0v) is 20.6. The van der Waals surface area contributed by atoms with Crippen LogP contribution in [0.5, 0.6) is 0 Å². The predicted octanol–water partition coefficient (Wildman–Crippen LogP) is 5.52. The minimum atomic E-state index is -0.0873. The molecule has 33 heavy (non-hydrogen) atoms. The lowest BCUT2D eigenvalue weighted by atomic mass is 9.48. The van der Waals surface area contributed by atoms with Crippen molar-refractivity contribution >= 4 is 17.5 Å². The Labute approximate surface area is 201 Å². The molecule has 1 unspecified atom stereocenters. The molecular formula is C27H36N4OS. The van der Waals surface area contributed by atoms with Crippen molar-refractivity contribution in [2.75, 3.05) is 13.1 Å². The quantitative estimate of drug-likeness (QED) is 0.505. The van der Waals surface area contributed by atoms with E-state index in [4.69, 9.17) is 0 Å². The maximum absolute atomic E-state index is 13.9. The average Bonchev–Trinajstić information content (AvgIpc) is 3.20. The van der Waals surface area contributed by atoms with Crippen LogP contribution in [-0.4, -0.2) is 43.8 Å². The Morgan fingerprint density at radius 2 is 1.64 bits per heavy atom. The summed E-state index contributed by atoms with van der Waals surface area (Å²) in [5.74, 6) is 3.84. The van der Waals surface area contributed by atoms with Gasteiger partial charge < -0.3 is 0 Å². The van der Waals surface area contributed by atoms with Gasteiger partial charge in [0.1, 0.15) is 0 Å². The summed E-state index contributed by atoms with van der Waals surface area (Å²) in [5, 5.41) is 10.0. The Balaban J connectivity index is 1.25. The summed E-state index contributed by atoms with van der Waals surface area (Å²) in [6.07, 6.45) is 11.4. The second-order valence-corrected chi connectivity index (χ2v) is 12.5. The minimum absolute atomic E-state index is 0.0601. The van der Waals surface area contributed by atoms with Gasteiger partial charge in [-0.1, -0.05) is 36.4 Å². The first-order valence-electron chi connectivity index (χ1n) is 13.0. The molecule has 0 spiro atoms. The molecule has 1 atom stereocenters. The number of ketones is 1. The molecule has 5 aliphatic rings. The monoisotopic (exact) mass is 464 g/mol. The number of hydrogen-bond acceptors (Lipinski definition) is 5. The number of carbonyl (C=O) groups is 1. The largest absolute Gasteiger partial charge is 0.298 e. The molecule has 5 fully saturated rings. The lowest BCUT2D eigenvalue weighted by molar-refractivity contribution is -0.142. The van der Waals surface area contributed by atoms with E-state index >= 15 is 0 Å². The molecule has 2 aromatic rings. The summed E-state index contributed by atoms with van der Waals surface area (Å²) in [6.45, 7) is 5.19. The van der Waals surface area contributed by atoms with Gasteiger partial charge in [0.05, 0.1) is 11.8 Å². The number of likely N-dealkylation sites (tertiary alicyclic amines) is 1. The van der Waals surface area contributed by atoms with Crippen LogP contribution in [0, 0.1) is 23.2 Å². The van der Waals surface area contributed by atoms with Crippen molar-refractivity contribution < 1.29 is 4.79 Å². The van der Waals surface area contributed by atoms with Crippen LogP contribution in [0.2, 0.25) is 0 Å². The van der Waals surface area contributed by atoms with Gasteiger partial charge in [0.2, 0.25) is 0 Å². The summed E-state index contributed by atoms with van der Waals surface area (Å²) in [7, 11) is 0. The molecule has 4 bridgehead atoms. The molecular weight excluding hydrogens is 428 g/mol. The van der Waals surface area contributed by atoms with Crippen LogP contribution >= 0.6 is 11.8 Å². The van der Waals surface area contributed by atoms with E-state index in [9.17, 15) is 4.79 Å². The van der Waals surface area contributed by atoms with Crippen molar-refractivity contribution in [1.29, 1.82) is 0 Å². The van der Waals surface area contributed by atoms with Crippen LogP contribution in [0.15, 0.2) is 35.5 Å². The molecule has 5 nitrogen and oxygen atoms in total. The van der Waals surface area contributed by atoms with Crippen molar-refractivity contribution in [3.05, 3.63) is 36.2 Å². The van der Waals surface area contributed by atoms with E-state index in [0.29, 0.717) is 5.78 Å². The maximum atomic E-state index is 13.9. The normalized spacial score (nSPS) is 32.2. The Kier molecular flexibility index (Phi) is 5.86. The minimum Gasteiger partial charge on any atom is -0.298 e. The second kappa shape index (κ2) is 8.84. The molecule has 4 aliphatic carbocycles.